The minimum absolute atomic E-state index is 0.118. The van der Waals surface area contributed by atoms with Crippen LogP contribution in [0.5, 0.6) is 23.0 Å². The van der Waals surface area contributed by atoms with Gasteiger partial charge < -0.3 is 34.3 Å². The first-order chi connectivity index (χ1) is 23.8. The average molecular weight is 733 g/mol. The highest BCUT2D eigenvalue weighted by molar-refractivity contribution is 5.56. The smallest absolute Gasteiger partial charge is 0.225 e. The van der Waals surface area contributed by atoms with Crippen molar-refractivity contribution in [2.75, 3.05) is 13.2 Å². The van der Waals surface area contributed by atoms with Crippen LogP contribution in [0.3, 0.4) is 0 Å². The van der Waals surface area contributed by atoms with Gasteiger partial charge in [0, 0.05) is 22.3 Å². The predicted molar refractivity (Wildman–Crippen MR) is 215 cm³/mol. The minimum Gasteiger partial charge on any atom is -0.507 e. The lowest BCUT2D eigenvalue weighted by atomic mass is 9.78. The van der Waals surface area contributed by atoms with Crippen molar-refractivity contribution in [3.8, 4) is 23.0 Å². The van der Waals surface area contributed by atoms with Gasteiger partial charge in [-0.2, -0.15) is 0 Å². The van der Waals surface area contributed by atoms with Crippen LogP contribution in [0.4, 0.5) is 0 Å². The van der Waals surface area contributed by atoms with Gasteiger partial charge in [-0.25, -0.2) is 0 Å². The molecule has 0 bridgehead atoms. The summed E-state index contributed by atoms with van der Waals surface area (Å²) in [6, 6.07) is 11.9. The number of rotatable bonds is 10. The second kappa shape index (κ2) is 14.1. The van der Waals surface area contributed by atoms with Gasteiger partial charge in [0.25, 0.3) is 0 Å². The molecule has 0 fully saturated rings. The molecule has 0 spiro atoms. The Morgan fingerprint density at radius 1 is 0.547 bits per heavy atom. The fraction of sp³-hybridized carbons (Fsp3) is 0.609. The van der Waals surface area contributed by atoms with E-state index in [9.17, 15) is 15.3 Å². The van der Waals surface area contributed by atoms with Gasteiger partial charge in [-0.15, -0.1) is 0 Å². The van der Waals surface area contributed by atoms with Gasteiger partial charge in [-0.1, -0.05) is 104 Å². The highest BCUT2D eigenvalue weighted by atomic mass is 16.7. The van der Waals surface area contributed by atoms with Crippen LogP contribution in [-0.4, -0.2) is 34.3 Å². The van der Waals surface area contributed by atoms with E-state index in [1.54, 1.807) is 0 Å². The van der Waals surface area contributed by atoms with Crippen LogP contribution in [0.15, 0.2) is 36.4 Å². The Bertz CT molecular complexity index is 1730. The molecule has 53 heavy (non-hydrogen) atoms. The molecule has 0 saturated heterocycles. The molecule has 1 aliphatic rings. The Morgan fingerprint density at radius 2 is 0.943 bits per heavy atom. The van der Waals surface area contributed by atoms with Crippen LogP contribution >= 0.6 is 0 Å². The molecule has 3 aromatic rings. The molecule has 7 heteroatoms. The first kappa shape index (κ1) is 42.5. The molecule has 1 aliphatic heterocycles. The summed E-state index contributed by atoms with van der Waals surface area (Å²) in [5.41, 5.74) is 5.39. The van der Waals surface area contributed by atoms with Crippen molar-refractivity contribution in [1.29, 1.82) is 0 Å². The summed E-state index contributed by atoms with van der Waals surface area (Å²) in [6.07, 6.45) is 0. The minimum atomic E-state index is -1.84. The lowest BCUT2D eigenvalue weighted by molar-refractivity contribution is -0.253. The average Bonchev–Trinajstić information content (AvgIpc) is 2.97. The lowest BCUT2D eigenvalue weighted by Crippen LogP contribution is -2.44. The van der Waals surface area contributed by atoms with Gasteiger partial charge in [-0.3, -0.25) is 0 Å². The molecule has 0 radical (unpaired) electrons. The number of aromatic hydroxyl groups is 2. The van der Waals surface area contributed by atoms with Crippen LogP contribution < -0.4 is 9.47 Å². The van der Waals surface area contributed by atoms with E-state index in [0.29, 0.717) is 11.5 Å². The first-order valence-corrected chi connectivity index (χ1v) is 19.0. The van der Waals surface area contributed by atoms with Crippen molar-refractivity contribution in [2.45, 2.75) is 169 Å². The Labute approximate surface area is 320 Å². The lowest BCUT2D eigenvalue weighted by Gasteiger charge is -2.42. The van der Waals surface area contributed by atoms with Gasteiger partial charge >= 0.3 is 0 Å². The number of hydrogen-bond donors (Lipinski definition) is 3. The van der Waals surface area contributed by atoms with E-state index in [1.165, 1.54) is 0 Å². The van der Waals surface area contributed by atoms with Gasteiger partial charge in [0.1, 0.15) is 41.8 Å². The van der Waals surface area contributed by atoms with E-state index in [2.05, 4.69) is 130 Å². The number of hydrogen-bond acceptors (Lipinski definition) is 7. The second-order valence-corrected chi connectivity index (χ2v) is 20.8. The molecule has 3 aromatic carbocycles. The molecule has 3 N–H and O–H groups in total. The summed E-state index contributed by atoms with van der Waals surface area (Å²) in [7, 11) is 0. The number of phenols is 2. The van der Waals surface area contributed by atoms with E-state index in [4.69, 9.17) is 18.9 Å². The summed E-state index contributed by atoms with van der Waals surface area (Å²) >= 11 is 0. The van der Waals surface area contributed by atoms with Crippen molar-refractivity contribution >= 4 is 0 Å². The second-order valence-electron chi connectivity index (χ2n) is 20.8. The quantitative estimate of drug-likeness (QED) is 0.179. The number of fused-ring (bicyclic) bond motifs is 1. The molecule has 0 aromatic heterocycles. The number of benzene rings is 3. The highest BCUT2D eigenvalue weighted by Gasteiger charge is 2.41. The van der Waals surface area contributed by atoms with E-state index in [0.717, 1.165) is 50.3 Å². The van der Waals surface area contributed by atoms with E-state index >= 15 is 0 Å². The Balaban J connectivity index is 1.69. The van der Waals surface area contributed by atoms with Crippen molar-refractivity contribution in [3.63, 3.8) is 0 Å². The predicted octanol–water partition coefficient (Wildman–Crippen LogP) is 10.7. The maximum atomic E-state index is 12.2. The van der Waals surface area contributed by atoms with E-state index in [1.807, 2.05) is 24.3 Å². The molecular formula is C46H68O7. The zero-order valence-electron chi connectivity index (χ0n) is 35.8. The largest absolute Gasteiger partial charge is 0.507 e. The highest BCUT2D eigenvalue weighted by Crippen LogP contribution is 2.50. The van der Waals surface area contributed by atoms with Crippen molar-refractivity contribution < 1.29 is 34.3 Å². The maximum absolute atomic E-state index is 12.2. The molecule has 1 atom stereocenters. The van der Waals surface area contributed by atoms with Gasteiger partial charge in [0.2, 0.25) is 5.79 Å². The summed E-state index contributed by atoms with van der Waals surface area (Å²) in [5.74, 6) is 0.171. The van der Waals surface area contributed by atoms with Crippen LogP contribution in [0.1, 0.15) is 162 Å². The van der Waals surface area contributed by atoms with Crippen molar-refractivity contribution in [3.05, 3.63) is 80.9 Å². The zero-order chi connectivity index (χ0) is 40.3. The fourth-order valence-electron chi connectivity index (χ4n) is 6.77. The summed E-state index contributed by atoms with van der Waals surface area (Å²) in [5, 5.41) is 34.8. The third kappa shape index (κ3) is 9.71. The summed E-state index contributed by atoms with van der Waals surface area (Å²) in [4.78, 5) is 0. The van der Waals surface area contributed by atoms with Gasteiger partial charge in [-0.05, 0) is 99.6 Å². The van der Waals surface area contributed by atoms with E-state index < -0.39 is 11.4 Å². The molecule has 294 valence electrons. The zero-order valence-corrected chi connectivity index (χ0v) is 35.8. The number of ether oxygens (including phenoxy) is 4. The standard InChI is InChI=1S/C46H68O7/c1-40(2,3)31-18-28(19-32(37(31)47)41(4,5)6)24-50-26-46(49,27-51-30-22-33(42(7,8)9)38(48)34(23-30)43(10,11)12)52-25-29-20-35(44(13,14)15)39-36(21-29)45(16,17)53-39/h18-23,47-49H,24-27H2,1-17H3. The van der Waals surface area contributed by atoms with Gasteiger partial charge in [0.15, 0.2) is 0 Å². The van der Waals surface area contributed by atoms with Crippen molar-refractivity contribution in [1.82, 2.24) is 0 Å². The molecule has 0 aliphatic carbocycles. The van der Waals surface area contributed by atoms with E-state index in [-0.39, 0.29) is 59.3 Å². The molecular weight excluding hydrogens is 664 g/mol. The first-order valence-electron chi connectivity index (χ1n) is 19.0. The fourth-order valence-corrected chi connectivity index (χ4v) is 6.77. The Morgan fingerprint density at radius 3 is 1.36 bits per heavy atom. The van der Waals surface area contributed by atoms with Crippen LogP contribution in [0.25, 0.3) is 0 Å². The molecule has 1 heterocycles. The SMILES string of the molecule is CC(C)(C)c1cc(COCC(O)(COc2cc(C(C)(C)C)c(O)c(C(C)(C)C)c2)OCc2cc(C(C)(C)C)c3c(c2)C(C)(C)O3)cc(C(C)(C)C)c1O. The topological polar surface area (TPSA) is 97.6 Å². The normalized spacial score (nSPS) is 16.0. The third-order valence-corrected chi connectivity index (χ3v) is 10.0. The number of phenolic OH excluding ortho intramolecular Hbond substituents is 2. The van der Waals surface area contributed by atoms with Crippen molar-refractivity contribution in [2.24, 2.45) is 0 Å². The third-order valence-electron chi connectivity index (χ3n) is 10.0. The molecule has 0 saturated carbocycles. The Hall–Kier alpha value is -3.26. The van der Waals surface area contributed by atoms with Gasteiger partial charge in [0.05, 0.1) is 13.2 Å². The molecule has 4 rings (SSSR count). The maximum Gasteiger partial charge on any atom is 0.225 e. The monoisotopic (exact) mass is 732 g/mol. The van der Waals surface area contributed by atoms with Crippen LogP contribution in [0.2, 0.25) is 0 Å². The molecule has 0 amide bonds. The van der Waals surface area contributed by atoms with Crippen LogP contribution in [-0.2, 0) is 55.4 Å². The molecule has 1 unspecified atom stereocenters. The Kier molecular flexibility index (Phi) is 11.3. The summed E-state index contributed by atoms with van der Waals surface area (Å²) in [6.45, 7) is 35.3. The van der Waals surface area contributed by atoms with Crippen LogP contribution in [0, 0.1) is 0 Å². The summed E-state index contributed by atoms with van der Waals surface area (Å²) < 4.78 is 25.2. The number of aliphatic hydroxyl groups is 1. The molecule has 7 nitrogen and oxygen atoms in total.